The number of amides is 1. The Morgan fingerprint density at radius 2 is 2.00 bits per heavy atom. The largest absolute Gasteiger partial charge is 0.366 e. The molecular weight excluding hydrogens is 266 g/mol. The highest BCUT2D eigenvalue weighted by molar-refractivity contribution is 5.90. The van der Waals surface area contributed by atoms with Gasteiger partial charge >= 0.3 is 0 Å². The first kappa shape index (κ1) is 13.6. The van der Waals surface area contributed by atoms with Gasteiger partial charge in [0.05, 0.1) is 0 Å². The fraction of sp³-hybridized carbons (Fsp3) is 0.400. The Hall–Kier alpha value is -2.37. The lowest BCUT2D eigenvalue weighted by Crippen LogP contribution is -2.39. The molecule has 110 valence electrons. The molecule has 0 unspecified atom stereocenters. The van der Waals surface area contributed by atoms with Gasteiger partial charge in [-0.05, 0) is 30.7 Å². The van der Waals surface area contributed by atoms with Crippen LogP contribution in [0.3, 0.4) is 0 Å². The fourth-order valence-corrected chi connectivity index (χ4v) is 2.81. The summed E-state index contributed by atoms with van der Waals surface area (Å²) >= 11 is 0. The van der Waals surface area contributed by atoms with E-state index in [2.05, 4.69) is 39.4 Å². The number of likely N-dealkylation sites (tertiary alicyclic amines) is 1. The summed E-state index contributed by atoms with van der Waals surface area (Å²) in [6.07, 6.45) is 3.12. The molecule has 0 atom stereocenters. The van der Waals surface area contributed by atoms with Gasteiger partial charge in [-0.2, -0.15) is 4.98 Å². The first-order valence-corrected chi connectivity index (χ1v) is 7.23. The zero-order chi connectivity index (χ0) is 14.7. The Kier molecular flexibility index (Phi) is 3.85. The lowest BCUT2D eigenvalue weighted by Gasteiger charge is -2.31. The molecule has 0 bridgehead atoms. The predicted octanol–water partition coefficient (Wildman–Crippen LogP) is 1.48. The van der Waals surface area contributed by atoms with Crippen LogP contribution < -0.4 is 5.73 Å². The summed E-state index contributed by atoms with van der Waals surface area (Å²) in [6.45, 7) is 1.52. The number of nitrogens with zero attached hydrogens (tertiary/aromatic N) is 3. The summed E-state index contributed by atoms with van der Waals surface area (Å²) < 4.78 is 0. The number of carbonyl (C=O) groups is 1. The van der Waals surface area contributed by atoms with E-state index in [-0.39, 0.29) is 17.7 Å². The third-order valence-electron chi connectivity index (χ3n) is 3.97. The van der Waals surface area contributed by atoms with Crippen LogP contribution in [0.25, 0.3) is 0 Å². The highest BCUT2D eigenvalue weighted by Gasteiger charge is 2.25. The summed E-state index contributed by atoms with van der Waals surface area (Å²) in [5.74, 6) is 0.861. The van der Waals surface area contributed by atoms with Crippen molar-refractivity contribution in [3.63, 3.8) is 0 Å². The zero-order valence-electron chi connectivity index (χ0n) is 11.8. The van der Waals surface area contributed by atoms with Crippen LogP contribution in [0, 0.1) is 5.92 Å². The Morgan fingerprint density at radius 1 is 1.29 bits per heavy atom. The van der Waals surface area contributed by atoms with Crippen molar-refractivity contribution in [1.82, 2.24) is 20.1 Å². The van der Waals surface area contributed by atoms with Crippen molar-refractivity contribution >= 4 is 11.9 Å². The number of carbonyl (C=O) groups excluding carboxylic acids is 1. The smallest absolute Gasteiger partial charge is 0.291 e. The van der Waals surface area contributed by atoms with E-state index in [1.807, 2.05) is 11.0 Å². The molecule has 3 N–H and O–H groups in total. The molecule has 0 saturated carbocycles. The van der Waals surface area contributed by atoms with Crippen LogP contribution in [0.1, 0.15) is 29.0 Å². The van der Waals surface area contributed by atoms with Crippen LogP contribution in [0.5, 0.6) is 0 Å². The van der Waals surface area contributed by atoms with E-state index < -0.39 is 0 Å². The van der Waals surface area contributed by atoms with Gasteiger partial charge in [0.15, 0.2) is 0 Å². The minimum absolute atomic E-state index is 0.109. The SMILES string of the molecule is Nc1n[nH]c(C(=O)N2CCC(Cc3ccccc3)CC2)n1. The van der Waals surface area contributed by atoms with Crippen molar-refractivity contribution in [2.75, 3.05) is 18.8 Å². The van der Waals surface area contributed by atoms with Crippen molar-refractivity contribution in [3.8, 4) is 0 Å². The maximum Gasteiger partial charge on any atom is 0.291 e. The van der Waals surface area contributed by atoms with Gasteiger partial charge in [0, 0.05) is 13.1 Å². The monoisotopic (exact) mass is 285 g/mol. The van der Waals surface area contributed by atoms with Gasteiger partial charge < -0.3 is 10.6 Å². The maximum absolute atomic E-state index is 12.2. The van der Waals surface area contributed by atoms with Gasteiger partial charge in [0.2, 0.25) is 11.8 Å². The number of hydrogen-bond acceptors (Lipinski definition) is 4. The number of aromatic amines is 1. The quantitative estimate of drug-likeness (QED) is 0.894. The van der Waals surface area contributed by atoms with Crippen molar-refractivity contribution in [1.29, 1.82) is 0 Å². The third kappa shape index (κ3) is 3.21. The number of hydrogen-bond donors (Lipinski definition) is 2. The number of rotatable bonds is 3. The number of piperidine rings is 1. The second-order valence-corrected chi connectivity index (χ2v) is 5.47. The van der Waals surface area contributed by atoms with Crippen LogP contribution in [0.2, 0.25) is 0 Å². The molecule has 1 amide bonds. The first-order chi connectivity index (χ1) is 10.2. The lowest BCUT2D eigenvalue weighted by molar-refractivity contribution is 0.0678. The minimum atomic E-state index is -0.114. The van der Waals surface area contributed by atoms with Gasteiger partial charge in [-0.15, -0.1) is 5.10 Å². The standard InChI is InChI=1S/C15H19N5O/c16-15-17-13(18-19-15)14(21)20-8-6-12(7-9-20)10-11-4-2-1-3-5-11/h1-5,12H,6-10H2,(H3,16,17,18,19). The minimum Gasteiger partial charge on any atom is -0.366 e. The molecule has 3 rings (SSSR count). The number of aromatic nitrogens is 3. The van der Waals surface area contributed by atoms with E-state index in [9.17, 15) is 4.79 Å². The fourth-order valence-electron chi connectivity index (χ4n) is 2.81. The number of H-pyrrole nitrogens is 1. The van der Waals surface area contributed by atoms with Crippen LogP contribution >= 0.6 is 0 Å². The Morgan fingerprint density at radius 3 is 2.62 bits per heavy atom. The highest BCUT2D eigenvalue weighted by atomic mass is 16.2. The topological polar surface area (TPSA) is 87.9 Å². The maximum atomic E-state index is 12.2. The van der Waals surface area contributed by atoms with E-state index in [0.29, 0.717) is 5.92 Å². The van der Waals surface area contributed by atoms with Crippen molar-refractivity contribution in [2.45, 2.75) is 19.3 Å². The number of nitrogens with one attached hydrogen (secondary N) is 1. The number of nitrogens with two attached hydrogens (primary N) is 1. The molecule has 0 radical (unpaired) electrons. The Labute approximate surface area is 123 Å². The Bertz CT molecular complexity index is 602. The summed E-state index contributed by atoms with van der Waals surface area (Å²) in [6, 6.07) is 10.5. The molecule has 1 aliphatic rings. The summed E-state index contributed by atoms with van der Waals surface area (Å²) in [4.78, 5) is 17.9. The Balaban J connectivity index is 1.54. The molecule has 2 heterocycles. The third-order valence-corrected chi connectivity index (χ3v) is 3.97. The number of benzene rings is 1. The molecule has 0 aliphatic carbocycles. The molecule has 1 saturated heterocycles. The zero-order valence-corrected chi connectivity index (χ0v) is 11.8. The predicted molar refractivity (Wildman–Crippen MR) is 79.6 cm³/mol. The number of anilines is 1. The summed E-state index contributed by atoms with van der Waals surface area (Å²) in [5, 5.41) is 6.27. The molecule has 1 fully saturated rings. The van der Waals surface area contributed by atoms with Crippen LogP contribution in [0.4, 0.5) is 5.95 Å². The van der Waals surface area contributed by atoms with E-state index in [0.717, 1.165) is 32.4 Å². The average Bonchev–Trinajstić information content (AvgIpc) is 2.95. The molecule has 21 heavy (non-hydrogen) atoms. The average molecular weight is 285 g/mol. The van der Waals surface area contributed by atoms with Gasteiger partial charge in [0.25, 0.3) is 5.91 Å². The van der Waals surface area contributed by atoms with Gasteiger partial charge in [-0.25, -0.2) is 0 Å². The van der Waals surface area contributed by atoms with E-state index in [1.165, 1.54) is 5.56 Å². The number of nitrogen functional groups attached to an aromatic ring is 1. The van der Waals surface area contributed by atoms with Crippen molar-refractivity contribution < 1.29 is 4.79 Å². The van der Waals surface area contributed by atoms with Crippen LogP contribution in [-0.2, 0) is 6.42 Å². The lowest BCUT2D eigenvalue weighted by atomic mass is 9.90. The van der Waals surface area contributed by atoms with Gasteiger partial charge in [-0.3, -0.25) is 9.89 Å². The molecule has 6 heteroatoms. The van der Waals surface area contributed by atoms with E-state index >= 15 is 0 Å². The van der Waals surface area contributed by atoms with Crippen LogP contribution in [-0.4, -0.2) is 39.1 Å². The van der Waals surface area contributed by atoms with Crippen molar-refractivity contribution in [3.05, 3.63) is 41.7 Å². The molecule has 1 aliphatic heterocycles. The van der Waals surface area contributed by atoms with Gasteiger partial charge in [-0.1, -0.05) is 30.3 Å². The molecular formula is C15H19N5O. The molecule has 0 spiro atoms. The highest BCUT2D eigenvalue weighted by Crippen LogP contribution is 2.22. The summed E-state index contributed by atoms with van der Waals surface area (Å²) in [7, 11) is 0. The first-order valence-electron chi connectivity index (χ1n) is 7.23. The van der Waals surface area contributed by atoms with Crippen molar-refractivity contribution in [2.24, 2.45) is 5.92 Å². The molecule has 2 aromatic rings. The second-order valence-electron chi connectivity index (χ2n) is 5.47. The van der Waals surface area contributed by atoms with Crippen LogP contribution in [0.15, 0.2) is 30.3 Å². The summed E-state index contributed by atoms with van der Waals surface area (Å²) in [5.41, 5.74) is 6.80. The second kappa shape index (κ2) is 5.95. The van der Waals surface area contributed by atoms with E-state index in [4.69, 9.17) is 5.73 Å². The molecule has 6 nitrogen and oxygen atoms in total. The molecule has 1 aromatic carbocycles. The normalized spacial score (nSPS) is 16.1. The van der Waals surface area contributed by atoms with Gasteiger partial charge in [0.1, 0.15) is 0 Å². The van der Waals surface area contributed by atoms with E-state index in [1.54, 1.807) is 0 Å². The molecule has 1 aromatic heterocycles.